The minimum Gasteiger partial charge on any atom is -0.168 e. The molecule has 0 N–H and O–H groups in total. The molecule has 0 fully saturated rings. The molecule has 35 heavy (non-hydrogen) atoms. The fourth-order valence-electron chi connectivity index (χ4n) is 3.94. The molecule has 0 bridgehead atoms. The van der Waals surface area contributed by atoms with Gasteiger partial charge in [0.15, 0.2) is 0 Å². The third-order valence-corrected chi connectivity index (χ3v) is 5.53. The van der Waals surface area contributed by atoms with Crippen LogP contribution in [-0.4, -0.2) is 9.52 Å². The first kappa shape index (κ1) is 29.8. The number of hydrogen-bond acceptors (Lipinski definition) is 0. The van der Waals surface area contributed by atoms with E-state index in [0.717, 1.165) is 9.52 Å². The summed E-state index contributed by atoms with van der Waals surface area (Å²) in [4.78, 5) is 0. The van der Waals surface area contributed by atoms with Crippen LogP contribution in [0.3, 0.4) is 0 Å². The van der Waals surface area contributed by atoms with Crippen molar-refractivity contribution < 1.29 is 20.8 Å². The molecule has 0 amide bonds. The number of benzene rings is 3. The smallest absolute Gasteiger partial charge is 0.0809 e. The van der Waals surface area contributed by atoms with Gasteiger partial charge in [0, 0.05) is 9.52 Å². The third-order valence-electron chi connectivity index (χ3n) is 5.53. The molecule has 4 heteroatoms. The van der Waals surface area contributed by atoms with Gasteiger partial charge in [0.05, 0.1) is 0 Å². The van der Waals surface area contributed by atoms with Crippen molar-refractivity contribution in [3.05, 3.63) is 108 Å². The second-order valence-electron chi connectivity index (χ2n) is 8.37. The Morgan fingerprint density at radius 3 is 2.17 bits per heavy atom. The molecule has 0 saturated heterocycles. The van der Waals surface area contributed by atoms with Gasteiger partial charge in [0.25, 0.3) is 0 Å². The molecular weight excluding hydrogens is 563 g/mol. The summed E-state index contributed by atoms with van der Waals surface area (Å²) in [5.41, 5.74) is 5.45. The van der Waals surface area contributed by atoms with E-state index in [0.29, 0.717) is 0 Å². The predicted octanol–water partition coefficient (Wildman–Crippen LogP) is 10.6. The van der Waals surface area contributed by atoms with E-state index in [4.69, 9.17) is 17.0 Å². The van der Waals surface area contributed by atoms with Gasteiger partial charge < -0.3 is 0 Å². The zero-order valence-electron chi connectivity index (χ0n) is 21.1. The van der Waals surface area contributed by atoms with Crippen LogP contribution in [0, 0.1) is 6.92 Å². The summed E-state index contributed by atoms with van der Waals surface area (Å²) >= 11 is -0.826. The second-order valence-corrected chi connectivity index (χ2v) is 13.1. The first-order valence-corrected chi connectivity index (χ1v) is 20.3. The normalized spacial score (nSPS) is 9.77. The van der Waals surface area contributed by atoms with Crippen LogP contribution >= 0.6 is 17.0 Å². The number of unbranched alkanes of at least 4 members (excludes halogenated alkanes) is 1. The van der Waals surface area contributed by atoms with Gasteiger partial charge in [-0.2, -0.15) is 23.6 Å². The molecule has 0 aliphatic heterocycles. The van der Waals surface area contributed by atoms with Gasteiger partial charge in [-0.05, 0) is 24.0 Å². The Kier molecular flexibility index (Phi) is 14.5. The molecule has 0 spiro atoms. The Morgan fingerprint density at radius 1 is 0.857 bits per heavy atom. The molecule has 0 saturated carbocycles. The van der Waals surface area contributed by atoms with Crippen molar-refractivity contribution in [3.8, 4) is 11.1 Å². The maximum Gasteiger partial charge on any atom is -0.0809 e. The number of fused-ring (bicyclic) bond motifs is 2. The van der Waals surface area contributed by atoms with Gasteiger partial charge in [-0.15, -0.1) is 64.2 Å². The zero-order chi connectivity index (χ0) is 25.5. The summed E-state index contributed by atoms with van der Waals surface area (Å²) in [6.07, 6.45) is 3.72. The Balaban J connectivity index is 0.000000237. The van der Waals surface area contributed by atoms with Crippen molar-refractivity contribution in [1.29, 1.82) is 0 Å². The Bertz CT molecular complexity index is 1210. The summed E-state index contributed by atoms with van der Waals surface area (Å²) in [5.74, 6) is 0. The summed E-state index contributed by atoms with van der Waals surface area (Å²) < 4.78 is 0. The molecular formula is C31H34Cl2SiZr. The van der Waals surface area contributed by atoms with Crippen LogP contribution in [0.5, 0.6) is 0 Å². The standard InChI is InChI=1S/C20H21.C9H7.C2H6Si.2ClH.Zr/c1-3-4-6-16-9-11-17(12-10-16)19-8-5-7-18-13-15(2)14-20(18)19;1-2-5-9-7-3-6-8(9)4-1;1-3-2;;;/h5,7-14H,3-4,6H2,1-2H3;1-7H;1-2H3;2*1H;/q2*-1;;;;+4/p-2. The quantitative estimate of drug-likeness (QED) is 0.143. The monoisotopic (exact) mass is 594 g/mol. The molecule has 0 heterocycles. The van der Waals surface area contributed by atoms with E-state index < -0.39 is 20.8 Å². The molecule has 5 aromatic rings. The molecule has 5 rings (SSSR count). The Labute approximate surface area is 232 Å². The molecule has 0 atom stereocenters. The molecule has 2 radical (unpaired) electrons. The maximum atomic E-state index is 4.93. The fraction of sp³-hybridized carbons (Fsp3) is 0.226. The van der Waals surface area contributed by atoms with Crippen molar-refractivity contribution in [3.63, 3.8) is 0 Å². The van der Waals surface area contributed by atoms with E-state index in [1.807, 2.05) is 0 Å². The molecule has 0 aliphatic rings. The Hall–Kier alpha value is -1.44. The molecule has 180 valence electrons. The Morgan fingerprint density at radius 2 is 1.51 bits per heavy atom. The van der Waals surface area contributed by atoms with E-state index in [1.165, 1.54) is 63.1 Å². The van der Waals surface area contributed by atoms with E-state index in [-0.39, 0.29) is 0 Å². The van der Waals surface area contributed by atoms with E-state index in [9.17, 15) is 0 Å². The minimum atomic E-state index is -0.826. The van der Waals surface area contributed by atoms with Crippen molar-refractivity contribution in [2.75, 3.05) is 0 Å². The molecule has 0 aromatic heterocycles. The van der Waals surface area contributed by atoms with Crippen LogP contribution < -0.4 is 0 Å². The maximum absolute atomic E-state index is 4.93. The minimum absolute atomic E-state index is 0.826. The van der Waals surface area contributed by atoms with Gasteiger partial charge in [0.2, 0.25) is 0 Å². The van der Waals surface area contributed by atoms with Crippen LogP contribution in [0.1, 0.15) is 30.9 Å². The van der Waals surface area contributed by atoms with Crippen molar-refractivity contribution >= 4 is 48.1 Å². The number of aryl methyl sites for hydroxylation is 2. The van der Waals surface area contributed by atoms with Gasteiger partial charge in [-0.1, -0.05) is 75.3 Å². The van der Waals surface area contributed by atoms with Gasteiger partial charge >= 0.3 is 37.9 Å². The van der Waals surface area contributed by atoms with Crippen LogP contribution in [0.15, 0.2) is 97.1 Å². The topological polar surface area (TPSA) is 0 Å². The van der Waals surface area contributed by atoms with Crippen molar-refractivity contribution in [1.82, 2.24) is 0 Å². The van der Waals surface area contributed by atoms with Crippen molar-refractivity contribution in [2.45, 2.75) is 46.2 Å². The van der Waals surface area contributed by atoms with E-state index in [2.05, 4.69) is 124 Å². The van der Waals surface area contributed by atoms with Crippen molar-refractivity contribution in [2.24, 2.45) is 0 Å². The average molecular weight is 597 g/mol. The molecule has 5 aromatic carbocycles. The van der Waals surface area contributed by atoms with Gasteiger partial charge in [0.1, 0.15) is 0 Å². The largest absolute Gasteiger partial charge is 0.168 e. The second kappa shape index (κ2) is 17.1. The zero-order valence-corrected chi connectivity index (χ0v) is 26.1. The van der Waals surface area contributed by atoms with Gasteiger partial charge in [-0.25, -0.2) is 0 Å². The molecule has 0 nitrogen and oxygen atoms in total. The van der Waals surface area contributed by atoms with Crippen LogP contribution in [0.25, 0.3) is 32.7 Å². The number of rotatable bonds is 4. The third kappa shape index (κ3) is 9.85. The summed E-state index contributed by atoms with van der Waals surface area (Å²) in [5, 5.41) is 5.37. The SMILES string of the molecule is CCCCc1ccc(-c2cccc3[cH-]c(C)cc23)cc1.C[Si]C.[Cl][Zr+2][Cl].c1ccc2[cH-]ccc2c1. The van der Waals surface area contributed by atoms with E-state index in [1.54, 1.807) is 0 Å². The van der Waals surface area contributed by atoms with Crippen LogP contribution in [0.2, 0.25) is 13.1 Å². The first-order valence-electron chi connectivity index (χ1n) is 12.0. The van der Waals surface area contributed by atoms with E-state index >= 15 is 0 Å². The molecule has 0 unspecified atom stereocenters. The summed E-state index contributed by atoms with van der Waals surface area (Å²) in [6.45, 7) is 8.71. The van der Waals surface area contributed by atoms with Crippen LogP contribution in [0.4, 0.5) is 0 Å². The number of hydrogen-bond donors (Lipinski definition) is 0. The first-order chi connectivity index (χ1) is 17.1. The van der Waals surface area contributed by atoms with Crippen LogP contribution in [-0.2, 0) is 27.3 Å². The fourth-order valence-corrected chi connectivity index (χ4v) is 3.94. The summed E-state index contributed by atoms with van der Waals surface area (Å²) in [7, 11) is 11.0. The predicted molar refractivity (Wildman–Crippen MR) is 157 cm³/mol. The molecule has 0 aliphatic carbocycles. The summed E-state index contributed by atoms with van der Waals surface area (Å²) in [6, 6.07) is 34.9. The van der Waals surface area contributed by atoms with Gasteiger partial charge in [-0.3, -0.25) is 0 Å². The number of halogens is 2. The average Bonchev–Trinajstić information content (AvgIpc) is 3.50.